The van der Waals surface area contributed by atoms with Crippen LogP contribution in [0.5, 0.6) is 0 Å². The van der Waals surface area contributed by atoms with Gasteiger partial charge in [-0.3, -0.25) is 19.4 Å². The Morgan fingerprint density at radius 3 is 2.55 bits per heavy atom. The molecule has 160 valence electrons. The maximum Gasteiger partial charge on any atom is 0.272 e. The summed E-state index contributed by atoms with van der Waals surface area (Å²) in [7, 11) is 0. The standard InChI is InChI=1S/C23H26N6O2/c1-14-10-21-24-19(12-23(31)29(21)26-14)11-20(18-8-6-5-7-9-18)25-22(30)13-28-17(4)15(2)16(3)27-28/h5-10,12,20,26H,11,13H2,1-4H3,(H,25,30)/t20-/m1/s1. The normalized spacial score (nSPS) is 12.3. The minimum Gasteiger partial charge on any atom is -0.347 e. The number of carbonyl (C=O) groups is 1. The SMILES string of the molecule is Cc1cc2nc(C[C@@H](NC(=O)Cn3nc(C)c(C)c3C)c3ccccc3)cc(=O)n2[nH]1. The molecule has 4 aromatic rings. The molecule has 1 atom stereocenters. The van der Waals surface area contributed by atoms with Crippen LogP contribution in [0.25, 0.3) is 5.65 Å². The molecule has 1 amide bonds. The second-order valence-electron chi connectivity index (χ2n) is 7.91. The predicted molar refractivity (Wildman–Crippen MR) is 118 cm³/mol. The molecule has 0 spiro atoms. The Balaban J connectivity index is 1.60. The van der Waals surface area contributed by atoms with Crippen LogP contribution in [-0.4, -0.2) is 30.3 Å². The number of hydrogen-bond acceptors (Lipinski definition) is 4. The monoisotopic (exact) mass is 418 g/mol. The number of H-pyrrole nitrogens is 1. The summed E-state index contributed by atoms with van der Waals surface area (Å²) in [6.45, 7) is 7.91. The Hall–Kier alpha value is -3.68. The minimum absolute atomic E-state index is 0.135. The number of aromatic nitrogens is 5. The fraction of sp³-hybridized carbons (Fsp3) is 0.304. The lowest BCUT2D eigenvalue weighted by Gasteiger charge is -2.19. The molecule has 8 heteroatoms. The Kier molecular flexibility index (Phi) is 5.46. The van der Waals surface area contributed by atoms with Crippen LogP contribution in [0.4, 0.5) is 0 Å². The molecule has 0 unspecified atom stereocenters. The number of aryl methyl sites for hydroxylation is 2. The van der Waals surface area contributed by atoms with E-state index in [1.807, 2.05) is 64.1 Å². The first-order valence-electron chi connectivity index (χ1n) is 10.2. The lowest BCUT2D eigenvalue weighted by molar-refractivity contribution is -0.122. The van der Waals surface area contributed by atoms with E-state index in [1.165, 1.54) is 10.6 Å². The number of aromatic amines is 1. The van der Waals surface area contributed by atoms with Gasteiger partial charge in [0.1, 0.15) is 6.54 Å². The molecule has 3 aromatic heterocycles. The van der Waals surface area contributed by atoms with Crippen molar-refractivity contribution in [2.24, 2.45) is 0 Å². The lowest BCUT2D eigenvalue weighted by Crippen LogP contribution is -2.33. The van der Waals surface area contributed by atoms with Crippen molar-refractivity contribution in [3.05, 3.63) is 86.7 Å². The van der Waals surface area contributed by atoms with Crippen LogP contribution in [0, 0.1) is 27.7 Å². The van der Waals surface area contributed by atoms with Crippen LogP contribution in [0.1, 0.15) is 39.9 Å². The van der Waals surface area contributed by atoms with E-state index < -0.39 is 0 Å². The molecule has 0 aliphatic rings. The van der Waals surface area contributed by atoms with Crippen LogP contribution in [-0.2, 0) is 17.8 Å². The Bertz CT molecular complexity index is 1300. The Morgan fingerprint density at radius 1 is 1.13 bits per heavy atom. The average Bonchev–Trinajstić information content (AvgIpc) is 3.23. The number of fused-ring (bicyclic) bond motifs is 1. The van der Waals surface area contributed by atoms with Gasteiger partial charge in [0.05, 0.1) is 17.4 Å². The number of nitrogens with one attached hydrogen (secondary N) is 2. The number of hydrogen-bond donors (Lipinski definition) is 2. The molecule has 1 aromatic carbocycles. The largest absolute Gasteiger partial charge is 0.347 e. The van der Waals surface area contributed by atoms with E-state index in [0.717, 1.165) is 28.2 Å². The van der Waals surface area contributed by atoms with Gasteiger partial charge in [0.25, 0.3) is 5.56 Å². The maximum atomic E-state index is 12.9. The van der Waals surface area contributed by atoms with Crippen molar-refractivity contribution in [1.29, 1.82) is 0 Å². The van der Waals surface area contributed by atoms with Crippen molar-refractivity contribution >= 4 is 11.6 Å². The fourth-order valence-electron chi connectivity index (χ4n) is 3.73. The zero-order valence-electron chi connectivity index (χ0n) is 18.1. The minimum atomic E-state index is -0.318. The number of benzene rings is 1. The Labute approximate surface area is 179 Å². The van der Waals surface area contributed by atoms with Crippen molar-refractivity contribution in [2.75, 3.05) is 0 Å². The predicted octanol–water partition coefficient (Wildman–Crippen LogP) is 2.55. The summed E-state index contributed by atoms with van der Waals surface area (Å²) in [6, 6.07) is 12.7. The summed E-state index contributed by atoms with van der Waals surface area (Å²) in [4.78, 5) is 29.9. The summed E-state index contributed by atoms with van der Waals surface area (Å²) >= 11 is 0. The molecular weight excluding hydrogens is 392 g/mol. The van der Waals surface area contributed by atoms with Gasteiger partial charge in [-0.25, -0.2) is 9.50 Å². The van der Waals surface area contributed by atoms with Crippen LogP contribution in [0.3, 0.4) is 0 Å². The number of amides is 1. The van der Waals surface area contributed by atoms with E-state index in [0.29, 0.717) is 17.8 Å². The number of rotatable bonds is 6. The number of nitrogens with zero attached hydrogens (tertiary/aromatic N) is 4. The highest BCUT2D eigenvalue weighted by atomic mass is 16.2. The first kappa shape index (κ1) is 20.6. The van der Waals surface area contributed by atoms with Gasteiger partial charge in [0, 0.05) is 29.9 Å². The van der Waals surface area contributed by atoms with Crippen LogP contribution < -0.4 is 10.9 Å². The van der Waals surface area contributed by atoms with Crippen molar-refractivity contribution in [3.63, 3.8) is 0 Å². The third-order valence-electron chi connectivity index (χ3n) is 5.62. The Morgan fingerprint density at radius 2 is 1.87 bits per heavy atom. The molecule has 0 bridgehead atoms. The maximum absolute atomic E-state index is 12.9. The molecular formula is C23H26N6O2. The van der Waals surface area contributed by atoms with Crippen LogP contribution in [0.2, 0.25) is 0 Å². The molecule has 0 saturated heterocycles. The fourth-order valence-corrected chi connectivity index (χ4v) is 3.73. The van der Waals surface area contributed by atoms with Crippen molar-refractivity contribution in [2.45, 2.75) is 46.7 Å². The molecule has 8 nitrogen and oxygen atoms in total. The number of carbonyl (C=O) groups excluding carboxylic acids is 1. The van der Waals surface area contributed by atoms with E-state index in [-0.39, 0.29) is 24.1 Å². The van der Waals surface area contributed by atoms with Crippen molar-refractivity contribution in [3.8, 4) is 0 Å². The first-order chi connectivity index (χ1) is 14.8. The first-order valence-corrected chi connectivity index (χ1v) is 10.2. The van der Waals surface area contributed by atoms with Gasteiger partial charge in [-0.05, 0) is 38.8 Å². The van der Waals surface area contributed by atoms with Gasteiger partial charge in [-0.1, -0.05) is 30.3 Å². The van der Waals surface area contributed by atoms with Crippen molar-refractivity contribution in [1.82, 2.24) is 29.7 Å². The summed E-state index contributed by atoms with van der Waals surface area (Å²) in [5.41, 5.74) is 5.81. The third kappa shape index (κ3) is 4.28. The summed E-state index contributed by atoms with van der Waals surface area (Å²) in [5.74, 6) is -0.144. The van der Waals surface area contributed by atoms with E-state index in [2.05, 4.69) is 20.5 Å². The topological polar surface area (TPSA) is 97.1 Å². The van der Waals surface area contributed by atoms with Gasteiger partial charge in [-0.2, -0.15) is 5.10 Å². The molecule has 0 aliphatic carbocycles. The highest BCUT2D eigenvalue weighted by Gasteiger charge is 2.19. The second-order valence-corrected chi connectivity index (χ2v) is 7.91. The quantitative estimate of drug-likeness (QED) is 0.503. The van der Waals surface area contributed by atoms with E-state index >= 15 is 0 Å². The highest BCUT2D eigenvalue weighted by molar-refractivity contribution is 5.76. The van der Waals surface area contributed by atoms with E-state index in [4.69, 9.17) is 0 Å². The second kappa shape index (κ2) is 8.22. The molecule has 0 aliphatic heterocycles. The molecule has 4 rings (SSSR count). The molecule has 0 radical (unpaired) electrons. The molecule has 3 heterocycles. The summed E-state index contributed by atoms with van der Waals surface area (Å²) in [6.07, 6.45) is 0.405. The molecule has 31 heavy (non-hydrogen) atoms. The summed E-state index contributed by atoms with van der Waals surface area (Å²) in [5, 5.41) is 10.5. The van der Waals surface area contributed by atoms with Gasteiger partial charge < -0.3 is 5.32 Å². The lowest BCUT2D eigenvalue weighted by atomic mass is 10.0. The van der Waals surface area contributed by atoms with Gasteiger partial charge in [-0.15, -0.1) is 0 Å². The van der Waals surface area contributed by atoms with Gasteiger partial charge >= 0.3 is 0 Å². The van der Waals surface area contributed by atoms with E-state index in [9.17, 15) is 9.59 Å². The third-order valence-corrected chi connectivity index (χ3v) is 5.62. The zero-order valence-corrected chi connectivity index (χ0v) is 18.1. The van der Waals surface area contributed by atoms with Crippen LogP contribution >= 0.6 is 0 Å². The molecule has 0 fully saturated rings. The van der Waals surface area contributed by atoms with E-state index in [1.54, 1.807) is 4.68 Å². The molecule has 2 N–H and O–H groups in total. The smallest absolute Gasteiger partial charge is 0.272 e. The van der Waals surface area contributed by atoms with Gasteiger partial charge in [0.2, 0.25) is 5.91 Å². The molecule has 0 saturated carbocycles. The average molecular weight is 419 g/mol. The highest BCUT2D eigenvalue weighted by Crippen LogP contribution is 2.18. The van der Waals surface area contributed by atoms with Gasteiger partial charge in [0.15, 0.2) is 5.65 Å². The zero-order chi connectivity index (χ0) is 22.1. The van der Waals surface area contributed by atoms with Crippen LogP contribution in [0.15, 0.2) is 47.3 Å². The van der Waals surface area contributed by atoms with Crippen molar-refractivity contribution < 1.29 is 4.79 Å². The summed E-state index contributed by atoms with van der Waals surface area (Å²) < 4.78 is 3.14.